The number of benzene rings is 3. The van der Waals surface area contributed by atoms with Crippen molar-refractivity contribution in [2.75, 3.05) is 40.5 Å². The number of sulfonamides is 1. The van der Waals surface area contributed by atoms with Crippen molar-refractivity contribution in [2.24, 2.45) is 0 Å². The number of hydrogen-bond acceptors (Lipinski definition) is 6. The Bertz CT molecular complexity index is 1490. The molecule has 0 radical (unpaired) electrons. The summed E-state index contributed by atoms with van der Waals surface area (Å²) in [5.74, 6) is 1.80. The standard InChI is InChI=1S/C32H38N2O6S/c1-22-16-23(2)18-26(17-22)40-21-29-28-20-31(39-4)30(38-3)19-25(28)12-15-34(29)32(35)24-8-10-27(11-9-24)41(36,37)33-13-6-5-7-14-33/h8-11,16-20,29H,5-7,12-15,21H2,1-4H3. The van der Waals surface area contributed by atoms with E-state index in [0.717, 1.165) is 47.3 Å². The van der Waals surface area contributed by atoms with Gasteiger partial charge in [-0.25, -0.2) is 8.42 Å². The fraction of sp³-hybridized carbons (Fsp3) is 0.406. The van der Waals surface area contributed by atoms with Gasteiger partial charge in [0.1, 0.15) is 12.4 Å². The molecule has 41 heavy (non-hydrogen) atoms. The second-order valence-electron chi connectivity index (χ2n) is 10.8. The quantitative estimate of drug-likeness (QED) is 0.360. The van der Waals surface area contributed by atoms with Gasteiger partial charge in [0, 0.05) is 25.2 Å². The number of piperidine rings is 1. The molecular formula is C32H38N2O6S. The summed E-state index contributed by atoms with van der Waals surface area (Å²) in [5.41, 5.74) is 4.65. The Morgan fingerprint density at radius 2 is 1.49 bits per heavy atom. The molecule has 0 bridgehead atoms. The molecule has 1 saturated heterocycles. The second kappa shape index (κ2) is 12.1. The zero-order valence-electron chi connectivity index (χ0n) is 24.2. The van der Waals surface area contributed by atoms with E-state index < -0.39 is 10.0 Å². The van der Waals surface area contributed by atoms with E-state index in [-0.39, 0.29) is 23.5 Å². The van der Waals surface area contributed by atoms with E-state index in [2.05, 4.69) is 6.07 Å². The topological polar surface area (TPSA) is 85.4 Å². The van der Waals surface area contributed by atoms with Crippen molar-refractivity contribution in [3.8, 4) is 17.2 Å². The van der Waals surface area contributed by atoms with Gasteiger partial charge in [-0.05, 0) is 104 Å². The van der Waals surface area contributed by atoms with Crippen LogP contribution in [0.2, 0.25) is 0 Å². The van der Waals surface area contributed by atoms with Crippen LogP contribution in [0.3, 0.4) is 0 Å². The maximum absolute atomic E-state index is 13.9. The van der Waals surface area contributed by atoms with Crippen LogP contribution in [0.25, 0.3) is 0 Å². The monoisotopic (exact) mass is 578 g/mol. The van der Waals surface area contributed by atoms with Crippen LogP contribution >= 0.6 is 0 Å². The Balaban J connectivity index is 1.45. The molecule has 0 saturated carbocycles. The van der Waals surface area contributed by atoms with Gasteiger partial charge in [-0.2, -0.15) is 4.31 Å². The first-order chi connectivity index (χ1) is 19.7. The molecule has 3 aromatic carbocycles. The first-order valence-electron chi connectivity index (χ1n) is 14.1. The molecule has 1 unspecified atom stereocenters. The molecule has 8 nitrogen and oxygen atoms in total. The van der Waals surface area contributed by atoms with Gasteiger partial charge in [0.05, 0.1) is 25.2 Å². The minimum atomic E-state index is -3.58. The van der Waals surface area contributed by atoms with Crippen LogP contribution in [-0.4, -0.2) is 64.0 Å². The van der Waals surface area contributed by atoms with E-state index >= 15 is 0 Å². The van der Waals surface area contributed by atoms with Crippen molar-refractivity contribution >= 4 is 15.9 Å². The van der Waals surface area contributed by atoms with Crippen LogP contribution in [0.1, 0.15) is 57.9 Å². The van der Waals surface area contributed by atoms with Crippen LogP contribution < -0.4 is 14.2 Å². The lowest BCUT2D eigenvalue weighted by molar-refractivity contribution is 0.0589. The number of carbonyl (C=O) groups is 1. The van der Waals surface area contributed by atoms with Crippen molar-refractivity contribution in [1.82, 2.24) is 9.21 Å². The minimum absolute atomic E-state index is 0.179. The van der Waals surface area contributed by atoms with Gasteiger partial charge in [-0.3, -0.25) is 4.79 Å². The highest BCUT2D eigenvalue weighted by Gasteiger charge is 2.34. The molecule has 1 atom stereocenters. The van der Waals surface area contributed by atoms with Crippen LogP contribution in [-0.2, 0) is 16.4 Å². The molecule has 5 rings (SSSR count). The number of nitrogens with zero attached hydrogens (tertiary/aromatic N) is 2. The number of carbonyl (C=O) groups excluding carboxylic acids is 1. The average Bonchev–Trinajstić information content (AvgIpc) is 2.98. The number of rotatable bonds is 8. The zero-order chi connectivity index (χ0) is 29.1. The third-order valence-corrected chi connectivity index (χ3v) is 9.83. The third kappa shape index (κ3) is 6.06. The summed E-state index contributed by atoms with van der Waals surface area (Å²) in [6.45, 7) is 5.85. The maximum atomic E-state index is 13.9. The van der Waals surface area contributed by atoms with Crippen molar-refractivity contribution < 1.29 is 27.4 Å². The molecule has 1 amide bonds. The van der Waals surface area contributed by atoms with Gasteiger partial charge >= 0.3 is 0 Å². The highest BCUT2D eigenvalue weighted by Crippen LogP contribution is 2.39. The Morgan fingerprint density at radius 1 is 0.854 bits per heavy atom. The number of methoxy groups -OCH3 is 2. The molecular weight excluding hydrogens is 540 g/mol. The smallest absolute Gasteiger partial charge is 0.254 e. The van der Waals surface area contributed by atoms with Crippen molar-refractivity contribution in [2.45, 2.75) is 50.5 Å². The Kier molecular flexibility index (Phi) is 8.56. The highest BCUT2D eigenvalue weighted by atomic mass is 32.2. The first kappa shape index (κ1) is 29.0. The molecule has 0 aromatic heterocycles. The maximum Gasteiger partial charge on any atom is 0.254 e. The summed E-state index contributed by atoms with van der Waals surface area (Å²) in [4.78, 5) is 16.0. The molecule has 1 fully saturated rings. The predicted octanol–water partition coefficient (Wildman–Crippen LogP) is 5.31. The number of aryl methyl sites for hydroxylation is 2. The molecule has 2 heterocycles. The minimum Gasteiger partial charge on any atom is -0.493 e. The van der Waals surface area contributed by atoms with Gasteiger partial charge in [0.2, 0.25) is 10.0 Å². The summed E-state index contributed by atoms with van der Waals surface area (Å²) < 4.78 is 45.2. The molecule has 0 spiro atoms. The van der Waals surface area contributed by atoms with Crippen molar-refractivity contribution in [3.05, 3.63) is 82.4 Å². The summed E-state index contributed by atoms with van der Waals surface area (Å²) in [6, 6.07) is 15.9. The molecule has 2 aliphatic rings. The number of amides is 1. The Hall–Kier alpha value is -3.56. The summed E-state index contributed by atoms with van der Waals surface area (Å²) in [5, 5.41) is 0. The van der Waals surface area contributed by atoms with Crippen LogP contribution in [0.15, 0.2) is 59.5 Å². The van der Waals surface area contributed by atoms with Crippen molar-refractivity contribution in [1.29, 1.82) is 0 Å². The average molecular weight is 579 g/mol. The van der Waals surface area contributed by atoms with Crippen molar-refractivity contribution in [3.63, 3.8) is 0 Å². The fourth-order valence-electron chi connectivity index (χ4n) is 5.83. The van der Waals surface area contributed by atoms with E-state index in [0.29, 0.717) is 43.1 Å². The highest BCUT2D eigenvalue weighted by molar-refractivity contribution is 7.89. The van der Waals surface area contributed by atoms with Gasteiger partial charge in [0.15, 0.2) is 11.5 Å². The Labute approximate surface area is 242 Å². The van der Waals surface area contributed by atoms with E-state index in [4.69, 9.17) is 14.2 Å². The Morgan fingerprint density at radius 3 is 2.12 bits per heavy atom. The van der Waals surface area contributed by atoms with Crippen LogP contribution in [0, 0.1) is 13.8 Å². The van der Waals surface area contributed by atoms with E-state index in [1.165, 1.54) is 4.31 Å². The summed E-state index contributed by atoms with van der Waals surface area (Å²) >= 11 is 0. The molecule has 218 valence electrons. The normalized spacial score (nSPS) is 17.6. The van der Waals surface area contributed by atoms with Crippen LogP contribution in [0.5, 0.6) is 17.2 Å². The third-order valence-electron chi connectivity index (χ3n) is 7.92. The van der Waals surface area contributed by atoms with Gasteiger partial charge in [-0.15, -0.1) is 0 Å². The number of ether oxygens (including phenoxy) is 3. The largest absolute Gasteiger partial charge is 0.493 e. The zero-order valence-corrected chi connectivity index (χ0v) is 25.0. The first-order valence-corrected chi connectivity index (χ1v) is 15.5. The lowest BCUT2D eigenvalue weighted by atomic mass is 9.91. The van der Waals surface area contributed by atoms with Gasteiger partial charge < -0.3 is 19.1 Å². The fourth-order valence-corrected chi connectivity index (χ4v) is 7.35. The second-order valence-corrected chi connectivity index (χ2v) is 12.7. The predicted molar refractivity (Wildman–Crippen MR) is 157 cm³/mol. The SMILES string of the molecule is COc1cc2c(cc1OC)C(COc1cc(C)cc(C)c1)N(C(=O)c1ccc(S(=O)(=O)N3CCCCC3)cc1)CC2. The van der Waals surface area contributed by atoms with Crippen LogP contribution in [0.4, 0.5) is 0 Å². The molecule has 3 aromatic rings. The lowest BCUT2D eigenvalue weighted by Crippen LogP contribution is -2.42. The number of hydrogen-bond donors (Lipinski definition) is 0. The van der Waals surface area contributed by atoms with Gasteiger partial charge in [-0.1, -0.05) is 12.5 Å². The molecule has 0 aliphatic carbocycles. The molecule has 2 aliphatic heterocycles. The summed E-state index contributed by atoms with van der Waals surface area (Å²) in [7, 11) is -0.375. The number of fused-ring (bicyclic) bond motifs is 1. The van der Waals surface area contributed by atoms with E-state index in [1.54, 1.807) is 38.5 Å². The lowest BCUT2D eigenvalue weighted by Gasteiger charge is -2.37. The van der Waals surface area contributed by atoms with E-state index in [1.807, 2.05) is 43.0 Å². The molecule has 9 heteroatoms. The summed E-state index contributed by atoms with van der Waals surface area (Å²) in [6.07, 6.45) is 3.43. The van der Waals surface area contributed by atoms with E-state index in [9.17, 15) is 13.2 Å². The van der Waals surface area contributed by atoms with Gasteiger partial charge in [0.25, 0.3) is 5.91 Å². The molecule has 0 N–H and O–H groups in total.